The van der Waals surface area contributed by atoms with Crippen LogP contribution in [0.25, 0.3) is 0 Å². The molecule has 0 fully saturated rings. The molecule has 4 aromatic carbocycles. The maximum atomic E-state index is 12.3. The number of rotatable bonds is 13. The van der Waals surface area contributed by atoms with Crippen LogP contribution in [0.15, 0.2) is 91.0 Å². The van der Waals surface area contributed by atoms with Crippen LogP contribution in [-0.4, -0.2) is 50.4 Å². The van der Waals surface area contributed by atoms with Crippen LogP contribution in [-0.2, 0) is 33.5 Å². The summed E-state index contributed by atoms with van der Waals surface area (Å²) in [5.74, 6) is 0.838. The predicted octanol–water partition coefficient (Wildman–Crippen LogP) is 7.86. The molecule has 4 aromatic rings. The molecule has 0 spiro atoms. The van der Waals surface area contributed by atoms with Crippen LogP contribution in [0.3, 0.4) is 0 Å². The highest BCUT2D eigenvalue weighted by atomic mass is 16.6. The number of fused-ring (bicyclic) bond motifs is 2. The van der Waals surface area contributed by atoms with Crippen molar-refractivity contribution < 1.29 is 19.0 Å². The second kappa shape index (κ2) is 15.4. The van der Waals surface area contributed by atoms with Crippen molar-refractivity contribution in [1.82, 2.24) is 4.90 Å². The standard InChI is InChI=1S/C40H47NO4/c1-6-43-38(40(42)44-7-2)26-30-14-19-35(20-15-30)45-24-23-41(5)39-36-21-13-28(3)25-33(36)16-17-34-27-32(18-22-37(34)39)29(4)31-11-9-8-10-12-31/h8-15,18-22,25,27,29,38-39H,6-7,16-17,23-24,26H2,1-5H3. The van der Waals surface area contributed by atoms with Crippen LogP contribution in [0.4, 0.5) is 0 Å². The van der Waals surface area contributed by atoms with Crippen LogP contribution in [0.2, 0.25) is 0 Å². The summed E-state index contributed by atoms with van der Waals surface area (Å²) in [4.78, 5) is 14.7. The molecule has 0 amide bonds. The third kappa shape index (κ3) is 8.02. The summed E-state index contributed by atoms with van der Waals surface area (Å²) >= 11 is 0. The number of benzene rings is 4. The molecule has 0 heterocycles. The zero-order valence-corrected chi connectivity index (χ0v) is 27.4. The van der Waals surface area contributed by atoms with Gasteiger partial charge in [0.25, 0.3) is 0 Å². The van der Waals surface area contributed by atoms with E-state index in [-0.39, 0.29) is 12.0 Å². The Kier molecular flexibility index (Phi) is 11.1. The van der Waals surface area contributed by atoms with Crippen molar-refractivity contribution in [2.75, 3.05) is 33.4 Å². The monoisotopic (exact) mass is 605 g/mol. The molecule has 0 bridgehead atoms. The fraction of sp³-hybridized carbons (Fsp3) is 0.375. The number of nitrogens with zero attached hydrogens (tertiary/aromatic N) is 1. The molecule has 1 aliphatic rings. The second-order valence-corrected chi connectivity index (χ2v) is 12.1. The van der Waals surface area contributed by atoms with Crippen LogP contribution in [0.5, 0.6) is 5.75 Å². The molecule has 236 valence electrons. The summed E-state index contributed by atoms with van der Waals surface area (Å²) in [5.41, 5.74) is 10.7. The molecular weight excluding hydrogens is 558 g/mol. The van der Waals surface area contributed by atoms with Gasteiger partial charge >= 0.3 is 5.97 Å². The molecule has 0 aromatic heterocycles. The maximum absolute atomic E-state index is 12.3. The van der Waals surface area contributed by atoms with Crippen LogP contribution < -0.4 is 4.74 Å². The van der Waals surface area contributed by atoms with E-state index < -0.39 is 6.10 Å². The lowest BCUT2D eigenvalue weighted by molar-refractivity contribution is -0.156. The third-order valence-electron chi connectivity index (χ3n) is 8.93. The van der Waals surface area contributed by atoms with Crippen molar-refractivity contribution in [3.8, 4) is 5.75 Å². The number of ether oxygens (including phenoxy) is 3. The molecule has 5 nitrogen and oxygen atoms in total. The molecule has 0 saturated carbocycles. The zero-order chi connectivity index (χ0) is 31.8. The number of carbonyl (C=O) groups excluding carboxylic acids is 1. The fourth-order valence-corrected chi connectivity index (χ4v) is 6.46. The Balaban J connectivity index is 1.29. The molecule has 5 heteroatoms. The summed E-state index contributed by atoms with van der Waals surface area (Å²) in [5, 5.41) is 0. The molecule has 3 unspecified atom stereocenters. The van der Waals surface area contributed by atoms with E-state index in [9.17, 15) is 4.79 Å². The van der Waals surface area contributed by atoms with Gasteiger partial charge in [-0.15, -0.1) is 0 Å². The molecule has 3 atom stereocenters. The van der Waals surface area contributed by atoms with E-state index in [4.69, 9.17) is 14.2 Å². The van der Waals surface area contributed by atoms with E-state index >= 15 is 0 Å². The van der Waals surface area contributed by atoms with Gasteiger partial charge in [0.1, 0.15) is 12.4 Å². The van der Waals surface area contributed by atoms with Crippen molar-refractivity contribution >= 4 is 5.97 Å². The first-order valence-corrected chi connectivity index (χ1v) is 16.3. The van der Waals surface area contributed by atoms with Gasteiger partial charge in [0.05, 0.1) is 12.6 Å². The summed E-state index contributed by atoms with van der Waals surface area (Å²) in [6.07, 6.45) is 1.96. The number of hydrogen-bond donors (Lipinski definition) is 0. The van der Waals surface area contributed by atoms with Crippen LogP contribution in [0.1, 0.15) is 77.2 Å². The fourth-order valence-electron chi connectivity index (χ4n) is 6.46. The van der Waals surface area contributed by atoms with Gasteiger partial charge in [-0.2, -0.15) is 0 Å². The first-order chi connectivity index (χ1) is 21.9. The maximum Gasteiger partial charge on any atom is 0.335 e. The number of hydrogen-bond acceptors (Lipinski definition) is 5. The first kappa shape index (κ1) is 32.5. The lowest BCUT2D eigenvalue weighted by Crippen LogP contribution is -2.30. The predicted molar refractivity (Wildman–Crippen MR) is 181 cm³/mol. The van der Waals surface area contributed by atoms with Crippen molar-refractivity contribution in [3.05, 3.63) is 136 Å². The quantitative estimate of drug-likeness (QED) is 0.145. The van der Waals surface area contributed by atoms with Gasteiger partial charge in [0, 0.05) is 25.5 Å². The van der Waals surface area contributed by atoms with Gasteiger partial charge in [-0.25, -0.2) is 4.79 Å². The molecule has 0 N–H and O–H groups in total. The third-order valence-corrected chi connectivity index (χ3v) is 8.93. The van der Waals surface area contributed by atoms with Gasteiger partial charge < -0.3 is 14.2 Å². The van der Waals surface area contributed by atoms with Gasteiger partial charge in [-0.1, -0.05) is 91.3 Å². The van der Waals surface area contributed by atoms with E-state index in [1.54, 1.807) is 0 Å². The van der Waals surface area contributed by atoms with Gasteiger partial charge in [-0.3, -0.25) is 4.90 Å². The van der Waals surface area contributed by atoms with Gasteiger partial charge in [0.2, 0.25) is 0 Å². The topological polar surface area (TPSA) is 48.0 Å². The lowest BCUT2D eigenvalue weighted by Gasteiger charge is -2.31. The second-order valence-electron chi connectivity index (χ2n) is 12.1. The average Bonchev–Trinajstić information content (AvgIpc) is 3.21. The molecule has 0 aliphatic heterocycles. The number of likely N-dealkylation sites (N-methyl/N-ethyl adjacent to an activating group) is 1. The molecule has 1 aliphatic carbocycles. The van der Waals surface area contributed by atoms with Crippen molar-refractivity contribution in [3.63, 3.8) is 0 Å². The van der Waals surface area contributed by atoms with Crippen molar-refractivity contribution in [1.29, 1.82) is 0 Å². The minimum Gasteiger partial charge on any atom is -0.492 e. The summed E-state index contributed by atoms with van der Waals surface area (Å²) < 4.78 is 17.0. The summed E-state index contributed by atoms with van der Waals surface area (Å²) in [7, 11) is 2.21. The van der Waals surface area contributed by atoms with Crippen molar-refractivity contribution in [2.24, 2.45) is 0 Å². The Morgan fingerprint density at radius 2 is 1.53 bits per heavy atom. The first-order valence-electron chi connectivity index (χ1n) is 16.3. The average molecular weight is 606 g/mol. The summed E-state index contributed by atoms with van der Waals surface area (Å²) in [6.45, 7) is 10.3. The van der Waals surface area contributed by atoms with E-state index in [1.807, 2.05) is 38.1 Å². The smallest absolute Gasteiger partial charge is 0.335 e. The highest BCUT2D eigenvalue weighted by Crippen LogP contribution is 2.38. The van der Waals surface area contributed by atoms with E-state index in [1.165, 1.54) is 38.9 Å². The molecule has 0 radical (unpaired) electrons. The minimum absolute atomic E-state index is 0.156. The molecular formula is C40H47NO4. The zero-order valence-electron chi connectivity index (χ0n) is 27.4. The van der Waals surface area contributed by atoms with E-state index in [0.29, 0.717) is 32.2 Å². The Hall–Kier alpha value is -3.93. The van der Waals surface area contributed by atoms with Crippen LogP contribution >= 0.6 is 0 Å². The van der Waals surface area contributed by atoms with Crippen molar-refractivity contribution in [2.45, 2.75) is 65.0 Å². The Morgan fingerprint density at radius 1 is 0.844 bits per heavy atom. The Morgan fingerprint density at radius 3 is 2.22 bits per heavy atom. The number of esters is 1. The van der Waals surface area contributed by atoms with E-state index in [2.05, 4.69) is 92.5 Å². The van der Waals surface area contributed by atoms with Gasteiger partial charge in [-0.05, 0) is 91.7 Å². The normalized spacial score (nSPS) is 15.5. The van der Waals surface area contributed by atoms with Gasteiger partial charge in [0.15, 0.2) is 6.10 Å². The molecule has 0 saturated heterocycles. The highest BCUT2D eigenvalue weighted by Gasteiger charge is 2.28. The Labute approximate surface area is 269 Å². The number of aryl methyl sites for hydroxylation is 3. The summed E-state index contributed by atoms with van der Waals surface area (Å²) in [6, 6.07) is 32.9. The van der Waals surface area contributed by atoms with Crippen LogP contribution in [0, 0.1) is 6.92 Å². The van der Waals surface area contributed by atoms with E-state index in [0.717, 1.165) is 30.7 Å². The largest absolute Gasteiger partial charge is 0.492 e. The highest BCUT2D eigenvalue weighted by molar-refractivity contribution is 5.75. The lowest BCUT2D eigenvalue weighted by atomic mass is 9.87. The number of carbonyl (C=O) groups is 1. The minimum atomic E-state index is -0.595. The Bertz CT molecular complexity index is 1550. The molecule has 5 rings (SSSR count). The SMILES string of the molecule is CCOC(=O)C(Cc1ccc(OCCN(C)C2c3ccc(C)cc3CCc3cc(C(C)c4ccccc4)ccc32)cc1)OCC. The molecule has 45 heavy (non-hydrogen) atoms.